The highest BCUT2D eigenvalue weighted by Crippen LogP contribution is 2.31. The van der Waals surface area contributed by atoms with Crippen molar-refractivity contribution < 1.29 is 4.79 Å². The Morgan fingerprint density at radius 3 is 2.53 bits per heavy atom. The summed E-state index contributed by atoms with van der Waals surface area (Å²) in [5, 5.41) is 0. The minimum Gasteiger partial charge on any atom is -0.329 e. The standard InChI is InChI=1S/C12H14INO/c1-12(2,3)14-7-9-8(11(14)15)5-4-6-10(9)13/h4-6H,7H2,1-3H3. The third-order valence-electron chi connectivity index (χ3n) is 2.72. The van der Waals surface area contributed by atoms with E-state index in [1.165, 1.54) is 9.13 Å². The molecule has 3 heteroatoms. The quantitative estimate of drug-likeness (QED) is 0.674. The summed E-state index contributed by atoms with van der Waals surface area (Å²) >= 11 is 2.30. The maximum Gasteiger partial charge on any atom is 0.254 e. The summed E-state index contributed by atoms with van der Waals surface area (Å²) in [5.74, 6) is 0.163. The number of fused-ring (bicyclic) bond motifs is 1. The van der Waals surface area contributed by atoms with Gasteiger partial charge >= 0.3 is 0 Å². The fourth-order valence-electron chi connectivity index (χ4n) is 1.84. The number of carbonyl (C=O) groups excluding carboxylic acids is 1. The fourth-order valence-corrected chi connectivity index (χ4v) is 2.51. The van der Waals surface area contributed by atoms with Gasteiger partial charge in [-0.15, -0.1) is 0 Å². The second-order valence-electron chi connectivity index (χ2n) is 4.83. The number of nitrogens with zero attached hydrogens (tertiary/aromatic N) is 1. The molecule has 0 aromatic heterocycles. The Morgan fingerprint density at radius 1 is 1.33 bits per heavy atom. The van der Waals surface area contributed by atoms with Crippen LogP contribution >= 0.6 is 22.6 Å². The third kappa shape index (κ3) is 1.77. The van der Waals surface area contributed by atoms with E-state index >= 15 is 0 Å². The molecule has 0 saturated carbocycles. The van der Waals surface area contributed by atoms with Crippen LogP contribution in [0.5, 0.6) is 0 Å². The SMILES string of the molecule is CC(C)(C)N1Cc2c(I)cccc2C1=O. The van der Waals surface area contributed by atoms with Crippen molar-refractivity contribution in [1.82, 2.24) is 4.90 Å². The Labute approximate surface area is 104 Å². The van der Waals surface area contributed by atoms with Crippen molar-refractivity contribution in [2.45, 2.75) is 32.9 Å². The van der Waals surface area contributed by atoms with Crippen LogP contribution in [0.25, 0.3) is 0 Å². The van der Waals surface area contributed by atoms with E-state index in [0.717, 1.165) is 12.1 Å². The minimum absolute atomic E-state index is 0.0980. The van der Waals surface area contributed by atoms with Gasteiger partial charge in [-0.05, 0) is 61.1 Å². The van der Waals surface area contributed by atoms with Crippen molar-refractivity contribution in [3.63, 3.8) is 0 Å². The number of hydrogen-bond donors (Lipinski definition) is 0. The highest BCUT2D eigenvalue weighted by atomic mass is 127. The summed E-state index contributed by atoms with van der Waals surface area (Å²) in [7, 11) is 0. The minimum atomic E-state index is -0.0980. The summed E-state index contributed by atoms with van der Waals surface area (Å²) in [5.41, 5.74) is 1.95. The largest absolute Gasteiger partial charge is 0.329 e. The van der Waals surface area contributed by atoms with Crippen molar-refractivity contribution in [3.05, 3.63) is 32.9 Å². The van der Waals surface area contributed by atoms with Crippen LogP contribution in [0.2, 0.25) is 0 Å². The molecule has 0 bridgehead atoms. The van der Waals surface area contributed by atoms with Crippen molar-refractivity contribution in [2.75, 3.05) is 0 Å². The lowest BCUT2D eigenvalue weighted by Gasteiger charge is -2.31. The monoisotopic (exact) mass is 315 g/mol. The van der Waals surface area contributed by atoms with E-state index in [1.54, 1.807) is 0 Å². The molecule has 1 aliphatic rings. The van der Waals surface area contributed by atoms with Crippen LogP contribution in [0.1, 0.15) is 36.7 Å². The van der Waals surface area contributed by atoms with Crippen LogP contribution in [0.4, 0.5) is 0 Å². The average Bonchev–Trinajstić information content (AvgIpc) is 2.45. The van der Waals surface area contributed by atoms with Gasteiger partial charge in [-0.1, -0.05) is 6.07 Å². The van der Waals surface area contributed by atoms with Crippen molar-refractivity contribution in [1.29, 1.82) is 0 Å². The van der Waals surface area contributed by atoms with Gasteiger partial charge in [0.15, 0.2) is 0 Å². The molecule has 0 atom stereocenters. The molecular weight excluding hydrogens is 301 g/mol. The summed E-state index contributed by atoms with van der Waals surface area (Å²) in [6, 6.07) is 5.93. The topological polar surface area (TPSA) is 20.3 Å². The number of halogens is 1. The molecule has 0 N–H and O–H groups in total. The van der Waals surface area contributed by atoms with Gasteiger partial charge in [0.1, 0.15) is 0 Å². The van der Waals surface area contributed by atoms with Crippen molar-refractivity contribution in [2.24, 2.45) is 0 Å². The van der Waals surface area contributed by atoms with Crippen LogP contribution in [0.3, 0.4) is 0 Å². The maximum atomic E-state index is 12.1. The van der Waals surface area contributed by atoms with Crippen LogP contribution in [0, 0.1) is 3.57 Å². The number of benzene rings is 1. The van der Waals surface area contributed by atoms with Crippen LogP contribution in [-0.4, -0.2) is 16.3 Å². The number of carbonyl (C=O) groups is 1. The molecule has 0 unspecified atom stereocenters. The highest BCUT2D eigenvalue weighted by molar-refractivity contribution is 14.1. The second kappa shape index (κ2) is 3.47. The Kier molecular flexibility index (Phi) is 2.53. The number of rotatable bonds is 0. The third-order valence-corrected chi connectivity index (χ3v) is 3.73. The molecular formula is C12H14INO. The molecule has 2 rings (SSSR count). The first-order chi connectivity index (χ1) is 6.91. The zero-order valence-corrected chi connectivity index (χ0v) is 11.3. The number of amides is 1. The van der Waals surface area contributed by atoms with Crippen LogP contribution in [-0.2, 0) is 6.54 Å². The molecule has 15 heavy (non-hydrogen) atoms. The summed E-state index contributed by atoms with van der Waals surface area (Å²) < 4.78 is 1.19. The van der Waals surface area contributed by atoms with Gasteiger partial charge in [-0.3, -0.25) is 4.79 Å². The normalized spacial score (nSPS) is 15.7. The van der Waals surface area contributed by atoms with Gasteiger partial charge in [-0.25, -0.2) is 0 Å². The molecule has 0 saturated heterocycles. The average molecular weight is 315 g/mol. The van der Waals surface area contributed by atoms with E-state index in [0.29, 0.717) is 0 Å². The lowest BCUT2D eigenvalue weighted by Crippen LogP contribution is -2.41. The molecule has 80 valence electrons. The molecule has 1 aromatic carbocycles. The lowest BCUT2D eigenvalue weighted by atomic mass is 10.1. The Morgan fingerprint density at radius 2 is 2.00 bits per heavy atom. The Balaban J connectivity index is 2.46. The van der Waals surface area contributed by atoms with E-state index in [4.69, 9.17) is 0 Å². The molecule has 1 aliphatic heterocycles. The molecule has 0 aliphatic carbocycles. The molecule has 1 amide bonds. The van der Waals surface area contributed by atoms with Gasteiger partial charge in [0.25, 0.3) is 5.91 Å². The smallest absolute Gasteiger partial charge is 0.254 e. The lowest BCUT2D eigenvalue weighted by molar-refractivity contribution is 0.0609. The van der Waals surface area contributed by atoms with Crippen LogP contribution in [0.15, 0.2) is 18.2 Å². The summed E-state index contributed by atoms with van der Waals surface area (Å²) in [4.78, 5) is 14.0. The molecule has 1 aromatic rings. The van der Waals surface area contributed by atoms with E-state index in [-0.39, 0.29) is 11.4 Å². The highest BCUT2D eigenvalue weighted by Gasteiger charge is 2.35. The molecule has 0 fully saturated rings. The van der Waals surface area contributed by atoms with E-state index < -0.39 is 0 Å². The van der Waals surface area contributed by atoms with Gasteiger partial charge < -0.3 is 4.90 Å². The molecule has 2 nitrogen and oxygen atoms in total. The first kappa shape index (κ1) is 10.9. The molecule has 0 radical (unpaired) electrons. The van der Waals surface area contributed by atoms with Crippen LogP contribution < -0.4 is 0 Å². The summed E-state index contributed by atoms with van der Waals surface area (Å²) in [6.07, 6.45) is 0. The van der Waals surface area contributed by atoms with E-state index in [2.05, 4.69) is 49.4 Å². The van der Waals surface area contributed by atoms with Gasteiger partial charge in [0, 0.05) is 21.2 Å². The Hall–Kier alpha value is -0.580. The van der Waals surface area contributed by atoms with Crippen molar-refractivity contribution in [3.8, 4) is 0 Å². The predicted octanol–water partition coefficient (Wildman–Crippen LogP) is 3.05. The maximum absolute atomic E-state index is 12.1. The summed E-state index contributed by atoms with van der Waals surface area (Å²) in [6.45, 7) is 6.97. The van der Waals surface area contributed by atoms with E-state index in [1.807, 2.05) is 17.0 Å². The zero-order chi connectivity index (χ0) is 11.2. The van der Waals surface area contributed by atoms with Crippen molar-refractivity contribution >= 4 is 28.5 Å². The molecule has 1 heterocycles. The second-order valence-corrected chi connectivity index (χ2v) is 5.99. The Bertz CT molecular complexity index is 420. The first-order valence-electron chi connectivity index (χ1n) is 5.00. The number of hydrogen-bond acceptors (Lipinski definition) is 1. The first-order valence-corrected chi connectivity index (χ1v) is 6.08. The zero-order valence-electron chi connectivity index (χ0n) is 9.17. The van der Waals surface area contributed by atoms with E-state index in [9.17, 15) is 4.79 Å². The van der Waals surface area contributed by atoms with Gasteiger partial charge in [-0.2, -0.15) is 0 Å². The van der Waals surface area contributed by atoms with Gasteiger partial charge in [0.2, 0.25) is 0 Å². The fraction of sp³-hybridized carbons (Fsp3) is 0.417. The van der Waals surface area contributed by atoms with Gasteiger partial charge in [0.05, 0.1) is 0 Å². The predicted molar refractivity (Wildman–Crippen MR) is 68.8 cm³/mol. The molecule has 0 spiro atoms.